The van der Waals surface area contributed by atoms with E-state index in [4.69, 9.17) is 0 Å². The number of quaternary nitrogens is 1. The van der Waals surface area contributed by atoms with Crippen LogP contribution >= 0.6 is 0 Å². The van der Waals surface area contributed by atoms with Gasteiger partial charge in [-0.2, -0.15) is 0 Å². The van der Waals surface area contributed by atoms with Crippen LogP contribution in [0.5, 0.6) is 0 Å². The molecule has 0 aromatic carbocycles. The molecule has 4 heteroatoms. The van der Waals surface area contributed by atoms with Crippen molar-refractivity contribution >= 4 is 5.91 Å². The number of nitrogens with zero attached hydrogens (tertiary/aromatic N) is 1. The molecule has 0 bridgehead atoms. The highest BCUT2D eigenvalue weighted by atomic mass is 127. The van der Waals surface area contributed by atoms with E-state index < -0.39 is 0 Å². The molecule has 0 atom stereocenters. The van der Waals surface area contributed by atoms with Crippen LogP contribution in [0.25, 0.3) is 0 Å². The van der Waals surface area contributed by atoms with Gasteiger partial charge in [-0.05, 0) is 40.5 Å². The molecule has 0 aliphatic carbocycles. The zero-order chi connectivity index (χ0) is 13.3. The van der Waals surface area contributed by atoms with E-state index in [1.54, 1.807) is 6.92 Å². The number of amides is 1. The van der Waals surface area contributed by atoms with Crippen LogP contribution in [-0.2, 0) is 4.79 Å². The third-order valence-corrected chi connectivity index (χ3v) is 3.74. The molecule has 0 rings (SSSR count). The van der Waals surface area contributed by atoms with Gasteiger partial charge in [0.05, 0.1) is 26.2 Å². The van der Waals surface area contributed by atoms with Crippen molar-refractivity contribution in [3.63, 3.8) is 0 Å². The zero-order valence-electron chi connectivity index (χ0n) is 12.4. The molecule has 0 aromatic rings. The van der Waals surface area contributed by atoms with E-state index in [1.165, 1.54) is 37.1 Å². The number of nitrogens with one attached hydrogen (secondary N) is 1. The summed E-state index contributed by atoms with van der Waals surface area (Å²) in [6.07, 6.45) is 2.23. The molecular formula is C14H29IN2O. The molecule has 0 spiro atoms. The maximum atomic E-state index is 11.3. The third-order valence-electron chi connectivity index (χ3n) is 3.74. The molecule has 0 radical (unpaired) electrons. The first-order valence-electron chi connectivity index (χ1n) is 6.80. The van der Waals surface area contributed by atoms with Gasteiger partial charge in [0.25, 0.3) is 0 Å². The molecule has 0 saturated heterocycles. The summed E-state index contributed by atoms with van der Waals surface area (Å²) in [6.45, 7) is 17.7. The maximum absolute atomic E-state index is 11.3. The first-order chi connectivity index (χ1) is 8.01. The Labute approximate surface area is 130 Å². The van der Waals surface area contributed by atoms with Gasteiger partial charge in [0.1, 0.15) is 0 Å². The molecule has 1 N–H and O–H groups in total. The topological polar surface area (TPSA) is 29.1 Å². The van der Waals surface area contributed by atoms with Crippen LogP contribution in [0.3, 0.4) is 0 Å². The number of carbonyl (C=O) groups is 1. The Bertz CT molecular complexity index is 242. The summed E-state index contributed by atoms with van der Waals surface area (Å²) in [5.74, 6) is -0.0211. The molecule has 0 unspecified atom stereocenters. The van der Waals surface area contributed by atoms with Gasteiger partial charge in [-0.1, -0.05) is 6.58 Å². The summed E-state index contributed by atoms with van der Waals surface area (Å²) in [5.41, 5.74) is 0.589. The molecule has 0 fully saturated rings. The fraction of sp³-hybridized carbons (Fsp3) is 0.786. The summed E-state index contributed by atoms with van der Waals surface area (Å²) >= 11 is 0. The second-order valence-corrected chi connectivity index (χ2v) is 4.76. The van der Waals surface area contributed by atoms with Crippen LogP contribution in [0.4, 0.5) is 0 Å². The molecule has 0 aliphatic rings. The lowest BCUT2D eigenvalue weighted by atomic mass is 10.2. The van der Waals surface area contributed by atoms with Crippen molar-refractivity contribution in [2.45, 2.75) is 40.5 Å². The van der Waals surface area contributed by atoms with E-state index in [0.717, 1.165) is 13.0 Å². The van der Waals surface area contributed by atoms with Gasteiger partial charge in [0.2, 0.25) is 5.91 Å². The Kier molecular flexibility index (Phi) is 12.1. The predicted molar refractivity (Wildman–Crippen MR) is 73.8 cm³/mol. The van der Waals surface area contributed by atoms with Gasteiger partial charge in [0.15, 0.2) is 0 Å². The van der Waals surface area contributed by atoms with E-state index in [-0.39, 0.29) is 29.9 Å². The molecule has 18 heavy (non-hydrogen) atoms. The van der Waals surface area contributed by atoms with Gasteiger partial charge in [-0.25, -0.2) is 0 Å². The second kappa shape index (κ2) is 10.8. The molecule has 0 aromatic heterocycles. The molecule has 108 valence electrons. The van der Waals surface area contributed by atoms with Gasteiger partial charge >= 0.3 is 0 Å². The van der Waals surface area contributed by atoms with Gasteiger partial charge in [0, 0.05) is 12.1 Å². The molecule has 0 saturated carbocycles. The smallest absolute Gasteiger partial charge is 0.246 e. The van der Waals surface area contributed by atoms with Crippen LogP contribution in [-0.4, -0.2) is 43.1 Å². The van der Waals surface area contributed by atoms with Crippen molar-refractivity contribution in [2.24, 2.45) is 0 Å². The van der Waals surface area contributed by atoms with E-state index in [0.29, 0.717) is 5.57 Å². The van der Waals surface area contributed by atoms with Crippen molar-refractivity contribution in [1.29, 1.82) is 0 Å². The average Bonchev–Trinajstić information content (AvgIpc) is 2.34. The lowest BCUT2D eigenvalue weighted by Gasteiger charge is -2.35. The highest BCUT2D eigenvalue weighted by Crippen LogP contribution is 2.08. The highest BCUT2D eigenvalue weighted by Gasteiger charge is 2.19. The standard InChI is InChI=1S/C14H28N2O.HI/c1-6-16(7-2,8-3)12-10-9-11-15-14(17)13(4)5;/h4,6-12H2,1-3,5H3;1H. The van der Waals surface area contributed by atoms with Crippen molar-refractivity contribution in [3.8, 4) is 0 Å². The third kappa shape index (κ3) is 7.36. The number of rotatable bonds is 9. The lowest BCUT2D eigenvalue weighted by molar-refractivity contribution is -0.923. The average molecular weight is 368 g/mol. The Morgan fingerprint density at radius 2 is 1.61 bits per heavy atom. The van der Waals surface area contributed by atoms with Crippen LogP contribution in [0.1, 0.15) is 40.5 Å². The van der Waals surface area contributed by atoms with E-state index in [2.05, 4.69) is 32.7 Å². The first kappa shape index (κ1) is 20.2. The van der Waals surface area contributed by atoms with E-state index >= 15 is 0 Å². The van der Waals surface area contributed by atoms with Gasteiger partial charge in [-0.15, -0.1) is 0 Å². The monoisotopic (exact) mass is 368 g/mol. The second-order valence-electron chi connectivity index (χ2n) is 4.76. The van der Waals surface area contributed by atoms with Crippen LogP contribution in [0, 0.1) is 0 Å². The Hall–Kier alpha value is -0.100. The Balaban J connectivity index is 0. The van der Waals surface area contributed by atoms with Crippen molar-refractivity contribution in [1.82, 2.24) is 5.32 Å². The van der Waals surface area contributed by atoms with E-state index in [9.17, 15) is 4.79 Å². The van der Waals surface area contributed by atoms with Crippen LogP contribution < -0.4 is 29.3 Å². The number of unbranched alkanes of at least 4 members (excludes halogenated alkanes) is 1. The van der Waals surface area contributed by atoms with Crippen LogP contribution in [0.15, 0.2) is 12.2 Å². The first-order valence-corrected chi connectivity index (χ1v) is 6.80. The number of hydrogen-bond acceptors (Lipinski definition) is 1. The number of carbonyl (C=O) groups excluding carboxylic acids is 1. The largest absolute Gasteiger partial charge is 1.00 e. The predicted octanol–water partition coefficient (Wildman–Crippen LogP) is -0.661. The number of halogens is 1. The summed E-state index contributed by atoms with van der Waals surface area (Å²) in [4.78, 5) is 11.3. The molecular weight excluding hydrogens is 339 g/mol. The molecule has 3 nitrogen and oxygen atoms in total. The van der Waals surface area contributed by atoms with E-state index in [1.807, 2.05) is 0 Å². The Morgan fingerprint density at radius 1 is 1.11 bits per heavy atom. The molecule has 0 heterocycles. The number of hydrogen-bond donors (Lipinski definition) is 1. The van der Waals surface area contributed by atoms with Crippen molar-refractivity contribution in [3.05, 3.63) is 12.2 Å². The van der Waals surface area contributed by atoms with Crippen molar-refractivity contribution < 1.29 is 33.3 Å². The van der Waals surface area contributed by atoms with Crippen LogP contribution in [0.2, 0.25) is 0 Å². The summed E-state index contributed by atoms with van der Waals surface area (Å²) in [7, 11) is 0. The fourth-order valence-electron chi connectivity index (χ4n) is 2.07. The normalized spacial score (nSPS) is 10.7. The lowest BCUT2D eigenvalue weighted by Crippen LogP contribution is -3.00. The Morgan fingerprint density at radius 3 is 2.00 bits per heavy atom. The minimum Gasteiger partial charge on any atom is -1.00 e. The van der Waals surface area contributed by atoms with Crippen molar-refractivity contribution in [2.75, 3.05) is 32.7 Å². The highest BCUT2D eigenvalue weighted by molar-refractivity contribution is 5.91. The van der Waals surface area contributed by atoms with Gasteiger partial charge in [-0.3, -0.25) is 4.79 Å². The summed E-state index contributed by atoms with van der Waals surface area (Å²) in [6, 6.07) is 0. The molecule has 0 aliphatic heterocycles. The summed E-state index contributed by atoms with van der Waals surface area (Å²) < 4.78 is 1.19. The SMILES string of the molecule is C=C(C)C(=O)NCCCC[N+](CC)(CC)CC.[I-]. The zero-order valence-corrected chi connectivity index (χ0v) is 14.5. The quantitative estimate of drug-likeness (QED) is 0.249. The minimum absolute atomic E-state index is 0. The molecule has 1 amide bonds. The van der Waals surface area contributed by atoms with Gasteiger partial charge < -0.3 is 33.8 Å². The maximum Gasteiger partial charge on any atom is 0.246 e. The fourth-order valence-corrected chi connectivity index (χ4v) is 2.07. The summed E-state index contributed by atoms with van der Waals surface area (Å²) in [5, 5.41) is 2.88. The minimum atomic E-state index is -0.0211.